The number of carbonyl (C=O) groups is 2. The fraction of sp³-hybridized carbons (Fsp3) is 0.875. The molecule has 2 rings (SSSR count). The second kappa shape index (κ2) is 7.82. The number of likely N-dealkylation sites (tertiary alicyclic amines) is 1. The van der Waals surface area contributed by atoms with Crippen LogP contribution in [0.4, 0.5) is 0 Å². The predicted molar refractivity (Wildman–Crippen MR) is 89.9 cm³/mol. The quantitative estimate of drug-likeness (QED) is 0.741. The number of hydrogen-bond acceptors (Lipinski definition) is 4. The molecule has 1 saturated carbocycles. The van der Waals surface area contributed by atoms with Gasteiger partial charge in [-0.3, -0.25) is 9.59 Å². The van der Waals surface area contributed by atoms with E-state index < -0.39 is 27.3 Å². The van der Waals surface area contributed by atoms with Crippen LogP contribution in [-0.2, 0) is 19.6 Å². The lowest BCUT2D eigenvalue weighted by molar-refractivity contribution is -0.140. The van der Waals surface area contributed by atoms with Gasteiger partial charge in [-0.05, 0) is 31.6 Å². The van der Waals surface area contributed by atoms with Crippen molar-refractivity contribution in [1.29, 1.82) is 0 Å². The molecule has 0 aromatic rings. The second-order valence-corrected chi connectivity index (χ2v) is 9.25. The van der Waals surface area contributed by atoms with E-state index in [0.29, 0.717) is 19.4 Å². The summed E-state index contributed by atoms with van der Waals surface area (Å²) < 4.78 is 27.5. The average Bonchev–Trinajstić information content (AvgIpc) is 3.06. The first kappa shape index (κ1) is 19.2. The Bertz CT molecular complexity index is 569. The highest BCUT2D eigenvalue weighted by Crippen LogP contribution is 2.28. The zero-order chi connectivity index (χ0) is 17.9. The van der Waals surface area contributed by atoms with Crippen molar-refractivity contribution in [1.82, 2.24) is 9.62 Å². The summed E-state index contributed by atoms with van der Waals surface area (Å²) in [5, 5.41) is 8.46. The topological polar surface area (TPSA) is 104 Å². The minimum atomic E-state index is -3.79. The number of carboxylic acids is 1. The normalized spacial score (nSPS) is 24.3. The smallest absolute Gasteiger partial charge is 0.321 e. The number of aliphatic carboxylic acids is 1. The molecule has 8 heteroatoms. The molecule has 2 N–H and O–H groups in total. The summed E-state index contributed by atoms with van der Waals surface area (Å²) in [5.41, 5.74) is 0. The average molecular weight is 360 g/mol. The maximum Gasteiger partial charge on any atom is 0.321 e. The van der Waals surface area contributed by atoms with Crippen LogP contribution < -0.4 is 4.72 Å². The van der Waals surface area contributed by atoms with Crippen molar-refractivity contribution >= 4 is 21.9 Å². The number of hydrogen-bond donors (Lipinski definition) is 2. The van der Waals surface area contributed by atoms with Crippen LogP contribution in [-0.4, -0.2) is 54.7 Å². The number of piperidine rings is 1. The van der Waals surface area contributed by atoms with E-state index in [0.717, 1.165) is 25.7 Å². The minimum Gasteiger partial charge on any atom is -0.480 e. The molecule has 24 heavy (non-hydrogen) atoms. The zero-order valence-electron chi connectivity index (χ0n) is 14.4. The van der Waals surface area contributed by atoms with Gasteiger partial charge in [0.1, 0.15) is 6.04 Å². The molecule has 138 valence electrons. The summed E-state index contributed by atoms with van der Waals surface area (Å²) in [6.07, 6.45) is 4.97. The highest BCUT2D eigenvalue weighted by atomic mass is 32.2. The van der Waals surface area contributed by atoms with Crippen LogP contribution in [0.3, 0.4) is 0 Å². The first-order valence-corrected chi connectivity index (χ1v) is 10.3. The van der Waals surface area contributed by atoms with Crippen molar-refractivity contribution in [3.05, 3.63) is 0 Å². The molecule has 1 saturated heterocycles. The van der Waals surface area contributed by atoms with Gasteiger partial charge in [-0.1, -0.05) is 26.7 Å². The molecule has 0 bridgehead atoms. The van der Waals surface area contributed by atoms with E-state index in [2.05, 4.69) is 4.72 Å². The van der Waals surface area contributed by atoms with Gasteiger partial charge in [0, 0.05) is 19.0 Å². The maximum absolute atomic E-state index is 12.6. The van der Waals surface area contributed by atoms with Crippen LogP contribution >= 0.6 is 0 Å². The van der Waals surface area contributed by atoms with Gasteiger partial charge in [0.15, 0.2) is 0 Å². The van der Waals surface area contributed by atoms with E-state index >= 15 is 0 Å². The van der Waals surface area contributed by atoms with Crippen molar-refractivity contribution in [2.24, 2.45) is 11.8 Å². The molecule has 1 heterocycles. The first-order valence-electron chi connectivity index (χ1n) is 8.75. The zero-order valence-corrected chi connectivity index (χ0v) is 15.2. The summed E-state index contributed by atoms with van der Waals surface area (Å²) in [7, 11) is -3.79. The Balaban J connectivity index is 2.04. The third-order valence-electron chi connectivity index (χ3n) is 5.06. The fourth-order valence-corrected chi connectivity index (χ4v) is 5.34. The molecular formula is C16H28N2O5S. The molecule has 2 atom stereocenters. The molecule has 0 aromatic heterocycles. The van der Waals surface area contributed by atoms with E-state index in [1.54, 1.807) is 18.7 Å². The van der Waals surface area contributed by atoms with Gasteiger partial charge >= 0.3 is 5.97 Å². The minimum absolute atomic E-state index is 0.0295. The molecule has 1 aliphatic heterocycles. The van der Waals surface area contributed by atoms with Gasteiger partial charge in [0.25, 0.3) is 0 Å². The van der Waals surface area contributed by atoms with Gasteiger partial charge < -0.3 is 10.0 Å². The fourth-order valence-electron chi connectivity index (χ4n) is 3.57. The van der Waals surface area contributed by atoms with E-state index in [9.17, 15) is 23.1 Å². The van der Waals surface area contributed by atoms with Gasteiger partial charge in [0.2, 0.25) is 15.9 Å². The Kier molecular flexibility index (Phi) is 6.25. The molecule has 2 unspecified atom stereocenters. The number of amides is 1. The first-order chi connectivity index (χ1) is 11.2. The SMILES string of the molecule is CC(C)C(NS(=O)(=O)C1CCCN(C(=O)C2CCCC2)C1)C(=O)O. The summed E-state index contributed by atoms with van der Waals surface area (Å²) >= 11 is 0. The Hall–Kier alpha value is -1.15. The van der Waals surface area contributed by atoms with E-state index in [1.165, 1.54) is 0 Å². The number of nitrogens with one attached hydrogen (secondary N) is 1. The van der Waals surface area contributed by atoms with E-state index in [1.807, 2.05) is 0 Å². The lowest BCUT2D eigenvalue weighted by atomic mass is 10.0. The highest BCUT2D eigenvalue weighted by molar-refractivity contribution is 7.90. The van der Waals surface area contributed by atoms with Crippen LogP contribution in [0.5, 0.6) is 0 Å². The highest BCUT2D eigenvalue weighted by Gasteiger charge is 2.38. The molecule has 0 radical (unpaired) electrons. The number of sulfonamides is 1. The Morgan fingerprint density at radius 2 is 1.75 bits per heavy atom. The number of rotatable bonds is 6. The summed E-state index contributed by atoms with van der Waals surface area (Å²) in [6.45, 7) is 4.08. The third kappa shape index (κ3) is 4.47. The lowest BCUT2D eigenvalue weighted by Crippen LogP contribution is -2.53. The molecule has 0 spiro atoms. The van der Waals surface area contributed by atoms with Crippen LogP contribution in [0, 0.1) is 11.8 Å². The lowest BCUT2D eigenvalue weighted by Gasteiger charge is -2.34. The largest absolute Gasteiger partial charge is 0.480 e. The van der Waals surface area contributed by atoms with Gasteiger partial charge in [0.05, 0.1) is 5.25 Å². The number of carboxylic acid groups (broad SMARTS) is 1. The van der Waals surface area contributed by atoms with E-state index in [4.69, 9.17) is 0 Å². The van der Waals surface area contributed by atoms with Gasteiger partial charge in [-0.25, -0.2) is 13.1 Å². The van der Waals surface area contributed by atoms with Gasteiger partial charge in [-0.2, -0.15) is 0 Å². The van der Waals surface area contributed by atoms with Crippen LogP contribution in [0.25, 0.3) is 0 Å². The summed E-state index contributed by atoms with van der Waals surface area (Å²) in [5.74, 6) is -1.44. The van der Waals surface area contributed by atoms with E-state index in [-0.39, 0.29) is 24.3 Å². The van der Waals surface area contributed by atoms with Gasteiger partial charge in [-0.15, -0.1) is 0 Å². The van der Waals surface area contributed by atoms with Crippen LogP contribution in [0.15, 0.2) is 0 Å². The van der Waals surface area contributed by atoms with Crippen molar-refractivity contribution in [3.8, 4) is 0 Å². The summed E-state index contributed by atoms with van der Waals surface area (Å²) in [6, 6.07) is -1.14. The Morgan fingerprint density at radius 3 is 2.29 bits per heavy atom. The molecule has 1 amide bonds. The van der Waals surface area contributed by atoms with Crippen molar-refractivity contribution in [2.75, 3.05) is 13.1 Å². The van der Waals surface area contributed by atoms with Crippen molar-refractivity contribution < 1.29 is 23.1 Å². The van der Waals surface area contributed by atoms with Crippen LogP contribution in [0.2, 0.25) is 0 Å². The monoisotopic (exact) mass is 360 g/mol. The van der Waals surface area contributed by atoms with Crippen molar-refractivity contribution in [2.45, 2.75) is 63.7 Å². The predicted octanol–water partition coefficient (Wildman–Crippen LogP) is 1.20. The molecule has 0 aromatic carbocycles. The third-order valence-corrected chi connectivity index (χ3v) is 6.90. The molecule has 7 nitrogen and oxygen atoms in total. The number of nitrogens with zero attached hydrogens (tertiary/aromatic N) is 1. The Morgan fingerprint density at radius 1 is 1.12 bits per heavy atom. The second-order valence-electron chi connectivity index (χ2n) is 7.25. The number of carbonyl (C=O) groups excluding carboxylic acids is 1. The molecule has 2 fully saturated rings. The summed E-state index contributed by atoms with van der Waals surface area (Å²) in [4.78, 5) is 25.4. The maximum atomic E-state index is 12.6. The van der Waals surface area contributed by atoms with Crippen LogP contribution in [0.1, 0.15) is 52.4 Å². The molecule has 1 aliphatic carbocycles. The standard InChI is InChI=1S/C16H28N2O5S/c1-11(2)14(16(20)21)17-24(22,23)13-8-5-9-18(10-13)15(19)12-6-3-4-7-12/h11-14,17H,3-10H2,1-2H3,(H,20,21). The molecule has 2 aliphatic rings. The molecular weight excluding hydrogens is 332 g/mol. The Labute approximate surface area is 143 Å². The van der Waals surface area contributed by atoms with Crippen molar-refractivity contribution in [3.63, 3.8) is 0 Å².